The van der Waals surface area contributed by atoms with Crippen LogP contribution in [-0.2, 0) is 24.4 Å². The zero-order valence-corrected chi connectivity index (χ0v) is 16.7. The van der Waals surface area contributed by atoms with E-state index in [0.29, 0.717) is 13.2 Å². The highest BCUT2D eigenvalue weighted by atomic mass is 16.8. The van der Waals surface area contributed by atoms with E-state index in [-0.39, 0.29) is 13.2 Å². The van der Waals surface area contributed by atoms with Gasteiger partial charge in [-0.1, -0.05) is 30.3 Å². The van der Waals surface area contributed by atoms with Gasteiger partial charge < -0.3 is 18.9 Å². The lowest BCUT2D eigenvalue weighted by Crippen LogP contribution is -2.91. The highest BCUT2D eigenvalue weighted by Gasteiger charge is 2.93. The molecule has 27 heavy (non-hydrogen) atoms. The smallest absolute Gasteiger partial charge is 0.258 e. The molecule has 0 aromatic heterocycles. The Morgan fingerprint density at radius 3 is 1.52 bits per heavy atom. The molecule has 0 N–H and O–H groups in total. The molecule has 1 aromatic rings. The third-order valence-corrected chi connectivity index (χ3v) is 5.41. The van der Waals surface area contributed by atoms with Gasteiger partial charge in [-0.25, -0.2) is 0 Å². The van der Waals surface area contributed by atoms with Crippen LogP contribution in [-0.4, -0.2) is 38.0 Å². The van der Waals surface area contributed by atoms with Crippen molar-refractivity contribution in [1.82, 2.24) is 0 Å². The standard InChI is InChI=1S/C21H28N2O4/c1-6-24-20(25-7-2)18(5,17-13-11-10-12-14-17)19(15-22,16-23)21(20,26-8-3)27-9-4/h10-14H,6-9H2,1-5H3. The summed E-state index contributed by atoms with van der Waals surface area (Å²) in [5, 5.41) is 20.5. The van der Waals surface area contributed by atoms with Crippen LogP contribution in [0, 0.1) is 28.1 Å². The average molecular weight is 372 g/mol. The van der Waals surface area contributed by atoms with Gasteiger partial charge in [0.1, 0.15) is 0 Å². The largest absolute Gasteiger partial charge is 0.345 e. The summed E-state index contributed by atoms with van der Waals surface area (Å²) in [6.07, 6.45) is 0. The molecule has 1 aromatic carbocycles. The van der Waals surface area contributed by atoms with E-state index in [1.807, 2.05) is 51.1 Å². The van der Waals surface area contributed by atoms with Crippen LogP contribution in [0.2, 0.25) is 0 Å². The lowest BCUT2D eigenvalue weighted by atomic mass is 9.40. The summed E-state index contributed by atoms with van der Waals surface area (Å²) in [5.74, 6) is -3.13. The molecule has 0 bridgehead atoms. The Labute approximate surface area is 161 Å². The van der Waals surface area contributed by atoms with E-state index >= 15 is 0 Å². The van der Waals surface area contributed by atoms with Gasteiger partial charge in [-0.05, 0) is 40.2 Å². The quantitative estimate of drug-likeness (QED) is 0.617. The number of hydrogen-bond acceptors (Lipinski definition) is 6. The van der Waals surface area contributed by atoms with Gasteiger partial charge in [0.15, 0.2) is 0 Å². The van der Waals surface area contributed by atoms with Crippen molar-refractivity contribution in [2.45, 2.75) is 51.6 Å². The van der Waals surface area contributed by atoms with Crippen molar-refractivity contribution in [3.63, 3.8) is 0 Å². The minimum absolute atomic E-state index is 0.234. The van der Waals surface area contributed by atoms with Gasteiger partial charge in [-0.2, -0.15) is 10.5 Å². The minimum Gasteiger partial charge on any atom is -0.345 e. The SMILES string of the molecule is CCOC1(OCC)C(C#N)(C#N)C(C)(c2ccccc2)C1(OCC)OCC. The molecule has 6 nitrogen and oxygen atoms in total. The molecule has 1 unspecified atom stereocenters. The van der Waals surface area contributed by atoms with Gasteiger partial charge in [0, 0.05) is 26.4 Å². The van der Waals surface area contributed by atoms with Crippen LogP contribution < -0.4 is 0 Å². The van der Waals surface area contributed by atoms with Crippen molar-refractivity contribution in [2.75, 3.05) is 26.4 Å². The predicted molar refractivity (Wildman–Crippen MR) is 99.4 cm³/mol. The Morgan fingerprint density at radius 1 is 0.741 bits per heavy atom. The highest BCUT2D eigenvalue weighted by molar-refractivity contribution is 5.52. The van der Waals surface area contributed by atoms with Gasteiger partial charge in [-0.3, -0.25) is 0 Å². The first-order valence-corrected chi connectivity index (χ1v) is 9.41. The first-order chi connectivity index (χ1) is 13.0. The number of nitrogens with zero attached hydrogens (tertiary/aromatic N) is 2. The minimum atomic E-state index is -1.68. The molecule has 0 saturated heterocycles. The van der Waals surface area contributed by atoms with E-state index < -0.39 is 22.4 Å². The second-order valence-electron chi connectivity index (χ2n) is 6.43. The van der Waals surface area contributed by atoms with E-state index in [0.717, 1.165) is 5.56 Å². The number of benzene rings is 1. The number of ether oxygens (including phenoxy) is 4. The Hall–Kier alpha value is -1.96. The maximum absolute atomic E-state index is 10.2. The zero-order chi connectivity index (χ0) is 20.2. The van der Waals surface area contributed by atoms with Gasteiger partial charge >= 0.3 is 0 Å². The van der Waals surface area contributed by atoms with Crippen molar-refractivity contribution < 1.29 is 18.9 Å². The summed E-state index contributed by atoms with van der Waals surface area (Å²) in [4.78, 5) is 0. The first-order valence-electron chi connectivity index (χ1n) is 9.41. The molecule has 1 saturated carbocycles. The molecule has 1 aliphatic rings. The van der Waals surface area contributed by atoms with Crippen LogP contribution in [0.3, 0.4) is 0 Å². The Kier molecular flexibility index (Phi) is 6.29. The van der Waals surface area contributed by atoms with Crippen molar-refractivity contribution in [2.24, 2.45) is 5.41 Å². The van der Waals surface area contributed by atoms with Crippen molar-refractivity contribution in [3.8, 4) is 12.1 Å². The monoisotopic (exact) mass is 372 g/mol. The molecule has 0 heterocycles. The normalized spacial score (nSPS) is 24.4. The van der Waals surface area contributed by atoms with Gasteiger partial charge in [-0.15, -0.1) is 0 Å². The summed E-state index contributed by atoms with van der Waals surface area (Å²) in [7, 11) is 0. The molecule has 1 aliphatic carbocycles. The molecule has 1 atom stereocenters. The molecule has 2 rings (SSSR count). The number of rotatable bonds is 9. The van der Waals surface area contributed by atoms with Crippen molar-refractivity contribution >= 4 is 0 Å². The lowest BCUT2D eigenvalue weighted by Gasteiger charge is -2.71. The number of nitriles is 2. The molecule has 6 heteroatoms. The van der Waals surface area contributed by atoms with Crippen LogP contribution in [0.25, 0.3) is 0 Å². The van der Waals surface area contributed by atoms with E-state index in [1.165, 1.54) is 0 Å². The number of hydrogen-bond donors (Lipinski definition) is 0. The van der Waals surface area contributed by atoms with Crippen LogP contribution in [0.4, 0.5) is 0 Å². The van der Waals surface area contributed by atoms with E-state index in [1.54, 1.807) is 13.8 Å². The second kappa shape index (κ2) is 7.96. The summed E-state index contributed by atoms with van der Waals surface area (Å²) in [6.45, 7) is 10.2. The van der Waals surface area contributed by atoms with E-state index in [2.05, 4.69) is 12.1 Å². The first kappa shape index (κ1) is 21.3. The fourth-order valence-electron chi connectivity index (χ4n) is 4.44. The highest BCUT2D eigenvalue weighted by Crippen LogP contribution is 2.72. The average Bonchev–Trinajstić information content (AvgIpc) is 2.69. The van der Waals surface area contributed by atoms with E-state index in [4.69, 9.17) is 18.9 Å². The van der Waals surface area contributed by atoms with Crippen LogP contribution in [0.1, 0.15) is 40.2 Å². The molecule has 0 radical (unpaired) electrons. The summed E-state index contributed by atoms with van der Waals surface area (Å²) >= 11 is 0. The van der Waals surface area contributed by atoms with Crippen LogP contribution in [0.5, 0.6) is 0 Å². The summed E-state index contributed by atoms with van der Waals surface area (Å²) < 4.78 is 24.4. The summed E-state index contributed by atoms with van der Waals surface area (Å²) in [5.41, 5.74) is -2.05. The van der Waals surface area contributed by atoms with E-state index in [9.17, 15) is 10.5 Å². The fourth-order valence-corrected chi connectivity index (χ4v) is 4.44. The van der Waals surface area contributed by atoms with Crippen molar-refractivity contribution in [1.29, 1.82) is 10.5 Å². The van der Waals surface area contributed by atoms with Gasteiger partial charge in [0.2, 0.25) is 11.2 Å². The van der Waals surface area contributed by atoms with Gasteiger partial charge in [0.25, 0.3) is 5.79 Å². The Balaban J connectivity index is 2.91. The second-order valence-corrected chi connectivity index (χ2v) is 6.43. The maximum Gasteiger partial charge on any atom is 0.258 e. The van der Waals surface area contributed by atoms with Gasteiger partial charge in [0.05, 0.1) is 17.6 Å². The molecular weight excluding hydrogens is 344 g/mol. The maximum atomic E-state index is 10.2. The zero-order valence-electron chi connectivity index (χ0n) is 16.7. The van der Waals surface area contributed by atoms with Crippen molar-refractivity contribution in [3.05, 3.63) is 35.9 Å². The Bertz CT molecular complexity index is 696. The lowest BCUT2D eigenvalue weighted by molar-refractivity contribution is -0.519. The Morgan fingerprint density at radius 2 is 1.15 bits per heavy atom. The third-order valence-electron chi connectivity index (χ3n) is 5.41. The topological polar surface area (TPSA) is 84.5 Å². The fraction of sp³-hybridized carbons (Fsp3) is 0.619. The molecule has 0 amide bonds. The third kappa shape index (κ3) is 2.38. The van der Waals surface area contributed by atoms with Crippen LogP contribution in [0.15, 0.2) is 30.3 Å². The summed E-state index contributed by atoms with van der Waals surface area (Å²) in [6, 6.07) is 13.8. The molecule has 146 valence electrons. The molecular formula is C21H28N2O4. The predicted octanol–water partition coefficient (Wildman–Crippen LogP) is 3.53. The molecule has 1 fully saturated rings. The molecule has 0 aliphatic heterocycles. The van der Waals surface area contributed by atoms with Crippen LogP contribution >= 0.6 is 0 Å². The molecule has 0 spiro atoms.